The maximum absolute atomic E-state index is 13.4. The van der Waals surface area contributed by atoms with Gasteiger partial charge in [0.15, 0.2) is 0 Å². The van der Waals surface area contributed by atoms with E-state index in [0.29, 0.717) is 17.9 Å². The molecule has 4 rings (SSSR count). The van der Waals surface area contributed by atoms with E-state index in [1.165, 1.54) is 36.3 Å². The Hall–Kier alpha value is -3.97. The van der Waals surface area contributed by atoms with E-state index in [9.17, 15) is 19.1 Å². The van der Waals surface area contributed by atoms with E-state index in [1.54, 1.807) is 24.3 Å². The van der Waals surface area contributed by atoms with Crippen molar-refractivity contribution in [1.29, 1.82) is 0 Å². The van der Waals surface area contributed by atoms with E-state index in [-0.39, 0.29) is 30.0 Å². The molecule has 1 aliphatic rings. The minimum atomic E-state index is -0.847. The lowest BCUT2D eigenvalue weighted by molar-refractivity contribution is -0.140. The topological polar surface area (TPSA) is 76.1 Å². The Kier molecular flexibility index (Phi) is 7.04. The number of likely N-dealkylation sites (tertiary alicyclic amines) is 1. The van der Waals surface area contributed by atoms with Crippen LogP contribution in [0.3, 0.4) is 0 Å². The van der Waals surface area contributed by atoms with Crippen LogP contribution in [0.25, 0.3) is 5.76 Å². The summed E-state index contributed by atoms with van der Waals surface area (Å²) < 4.78 is 24.4. The summed E-state index contributed by atoms with van der Waals surface area (Å²) in [6, 6.07) is 21.0. The minimum Gasteiger partial charge on any atom is -0.507 e. The predicted molar refractivity (Wildman–Crippen MR) is 125 cm³/mol. The SMILES string of the molecule is COCCN1C(=O)C(=O)C(=C(O)c2ccc(F)cc2)C1c1cccc(OCc2ccccc2)c1. The number of hydrogen-bond acceptors (Lipinski definition) is 5. The van der Waals surface area contributed by atoms with E-state index in [4.69, 9.17) is 9.47 Å². The first kappa shape index (κ1) is 23.2. The number of carbonyl (C=O) groups excluding carboxylic acids is 2. The third kappa shape index (κ3) is 4.84. The average Bonchev–Trinajstić information content (AvgIpc) is 3.12. The Morgan fingerprint density at radius 1 is 1.00 bits per heavy atom. The number of amides is 1. The summed E-state index contributed by atoms with van der Waals surface area (Å²) in [5, 5.41) is 11.0. The molecule has 6 nitrogen and oxygen atoms in total. The number of carbonyl (C=O) groups is 2. The summed E-state index contributed by atoms with van der Waals surface area (Å²) in [6.07, 6.45) is 0. The number of aliphatic hydroxyl groups is 1. The van der Waals surface area contributed by atoms with Gasteiger partial charge in [-0.25, -0.2) is 4.39 Å². The lowest BCUT2D eigenvalue weighted by Gasteiger charge is -2.25. The van der Waals surface area contributed by atoms with Crippen molar-refractivity contribution in [3.63, 3.8) is 0 Å². The summed E-state index contributed by atoms with van der Waals surface area (Å²) in [5.74, 6) is -1.82. The molecule has 0 saturated carbocycles. The van der Waals surface area contributed by atoms with Crippen LogP contribution in [0.1, 0.15) is 22.7 Å². The van der Waals surface area contributed by atoms with Gasteiger partial charge in [0, 0.05) is 19.2 Å². The number of ether oxygens (including phenoxy) is 2. The lowest BCUT2D eigenvalue weighted by atomic mass is 9.95. The smallest absolute Gasteiger partial charge is 0.295 e. The lowest BCUT2D eigenvalue weighted by Crippen LogP contribution is -2.32. The molecule has 174 valence electrons. The van der Waals surface area contributed by atoms with Crippen LogP contribution < -0.4 is 4.74 Å². The van der Waals surface area contributed by atoms with Crippen molar-refractivity contribution < 1.29 is 28.6 Å². The molecule has 1 atom stereocenters. The summed E-state index contributed by atoms with van der Waals surface area (Å²) in [6.45, 7) is 0.717. The minimum absolute atomic E-state index is 0.0621. The largest absolute Gasteiger partial charge is 0.507 e. The molecule has 1 unspecified atom stereocenters. The molecule has 1 aliphatic heterocycles. The molecular weight excluding hydrogens is 437 g/mol. The highest BCUT2D eigenvalue weighted by Gasteiger charge is 2.46. The number of rotatable bonds is 8. The molecule has 1 fully saturated rings. The molecule has 0 spiro atoms. The van der Waals surface area contributed by atoms with Crippen molar-refractivity contribution >= 4 is 17.4 Å². The highest BCUT2D eigenvalue weighted by Crippen LogP contribution is 2.40. The van der Waals surface area contributed by atoms with Crippen LogP contribution in [-0.2, 0) is 20.9 Å². The summed E-state index contributed by atoms with van der Waals surface area (Å²) >= 11 is 0. The molecular formula is C27H24FNO5. The zero-order valence-electron chi connectivity index (χ0n) is 18.6. The van der Waals surface area contributed by atoms with Crippen molar-refractivity contribution in [1.82, 2.24) is 4.90 Å². The van der Waals surface area contributed by atoms with Crippen LogP contribution in [0.2, 0.25) is 0 Å². The first-order valence-electron chi connectivity index (χ1n) is 10.8. The molecule has 3 aromatic carbocycles. The average molecular weight is 461 g/mol. The zero-order valence-corrected chi connectivity index (χ0v) is 18.6. The van der Waals surface area contributed by atoms with E-state index in [0.717, 1.165) is 5.56 Å². The van der Waals surface area contributed by atoms with E-state index in [2.05, 4.69) is 0 Å². The second-order valence-corrected chi connectivity index (χ2v) is 7.84. The van der Waals surface area contributed by atoms with Crippen LogP contribution in [-0.4, -0.2) is 42.0 Å². The molecule has 7 heteroatoms. The molecule has 0 aromatic heterocycles. The van der Waals surface area contributed by atoms with Crippen LogP contribution in [0.5, 0.6) is 5.75 Å². The van der Waals surface area contributed by atoms with Gasteiger partial charge in [-0.1, -0.05) is 42.5 Å². The Bertz CT molecular complexity index is 1210. The van der Waals surface area contributed by atoms with E-state index in [1.807, 2.05) is 30.3 Å². The number of aliphatic hydroxyl groups excluding tert-OH is 1. The first-order chi connectivity index (χ1) is 16.5. The van der Waals surface area contributed by atoms with Gasteiger partial charge < -0.3 is 19.5 Å². The van der Waals surface area contributed by atoms with Gasteiger partial charge in [-0.15, -0.1) is 0 Å². The standard InChI is InChI=1S/C27H24FNO5/c1-33-15-14-29-24(20-8-5-9-22(16-20)34-17-18-6-3-2-4-7-18)23(26(31)27(29)32)25(30)19-10-12-21(28)13-11-19/h2-13,16,24,30H,14-15,17H2,1H3. The maximum atomic E-state index is 13.4. The second kappa shape index (κ2) is 10.3. The van der Waals surface area contributed by atoms with Gasteiger partial charge >= 0.3 is 0 Å². The third-order valence-corrected chi connectivity index (χ3v) is 5.62. The number of nitrogens with zero attached hydrogens (tertiary/aromatic N) is 1. The molecule has 34 heavy (non-hydrogen) atoms. The van der Waals surface area contributed by atoms with Crippen molar-refractivity contribution in [2.75, 3.05) is 20.3 Å². The van der Waals surface area contributed by atoms with Gasteiger partial charge in [-0.05, 0) is 47.5 Å². The Morgan fingerprint density at radius 2 is 1.74 bits per heavy atom. The number of benzene rings is 3. The summed E-state index contributed by atoms with van der Waals surface area (Å²) in [4.78, 5) is 27.2. The highest BCUT2D eigenvalue weighted by molar-refractivity contribution is 6.46. The van der Waals surface area contributed by atoms with E-state index < -0.39 is 23.5 Å². The fraction of sp³-hybridized carbons (Fsp3) is 0.185. The van der Waals surface area contributed by atoms with Crippen LogP contribution in [0.15, 0.2) is 84.4 Å². The number of methoxy groups -OCH3 is 1. The highest BCUT2D eigenvalue weighted by atomic mass is 19.1. The molecule has 1 saturated heterocycles. The maximum Gasteiger partial charge on any atom is 0.295 e. The Morgan fingerprint density at radius 3 is 2.44 bits per heavy atom. The Labute approximate surface area is 196 Å². The van der Waals surface area contributed by atoms with Gasteiger partial charge in [0.05, 0.1) is 18.2 Å². The molecule has 1 heterocycles. The monoisotopic (exact) mass is 461 g/mol. The van der Waals surface area contributed by atoms with Gasteiger partial charge in [-0.3, -0.25) is 9.59 Å². The van der Waals surface area contributed by atoms with Crippen molar-refractivity contribution in [2.24, 2.45) is 0 Å². The predicted octanol–water partition coefficient (Wildman–Crippen LogP) is 4.47. The Balaban J connectivity index is 1.73. The quantitative estimate of drug-likeness (QED) is 0.304. The molecule has 0 bridgehead atoms. The molecule has 1 N–H and O–H groups in total. The van der Waals surface area contributed by atoms with E-state index >= 15 is 0 Å². The summed E-state index contributed by atoms with van der Waals surface area (Å²) in [5.41, 5.74) is 1.78. The third-order valence-electron chi connectivity index (χ3n) is 5.62. The fourth-order valence-electron chi connectivity index (χ4n) is 3.93. The number of halogens is 1. The molecule has 0 aliphatic carbocycles. The fourth-order valence-corrected chi connectivity index (χ4v) is 3.93. The molecule has 3 aromatic rings. The van der Waals surface area contributed by atoms with Crippen molar-refractivity contribution in [3.8, 4) is 5.75 Å². The van der Waals surface area contributed by atoms with Crippen molar-refractivity contribution in [2.45, 2.75) is 12.6 Å². The zero-order chi connectivity index (χ0) is 24.1. The van der Waals surface area contributed by atoms with Crippen LogP contribution in [0.4, 0.5) is 4.39 Å². The van der Waals surface area contributed by atoms with Crippen molar-refractivity contribution in [3.05, 3.63) is 107 Å². The van der Waals surface area contributed by atoms with Crippen LogP contribution >= 0.6 is 0 Å². The second-order valence-electron chi connectivity index (χ2n) is 7.84. The summed E-state index contributed by atoms with van der Waals surface area (Å²) in [7, 11) is 1.50. The van der Waals surface area contributed by atoms with Gasteiger partial charge in [0.2, 0.25) is 0 Å². The van der Waals surface area contributed by atoms with Gasteiger partial charge in [0.25, 0.3) is 11.7 Å². The number of hydrogen-bond donors (Lipinski definition) is 1. The van der Waals surface area contributed by atoms with Gasteiger partial charge in [0.1, 0.15) is 23.9 Å². The number of ketones is 1. The molecule has 1 amide bonds. The number of Topliss-reactive ketones (excluding diaryl/α,β-unsaturated/α-hetero) is 1. The normalized spacial score (nSPS) is 17.2. The molecule has 0 radical (unpaired) electrons. The van der Waals surface area contributed by atoms with Crippen LogP contribution in [0, 0.1) is 5.82 Å². The van der Waals surface area contributed by atoms with Gasteiger partial charge in [-0.2, -0.15) is 0 Å². The first-order valence-corrected chi connectivity index (χ1v) is 10.8.